The fraction of sp³-hybridized carbons (Fsp3) is 0.0500. The molecule has 9 heteroatoms. The van der Waals surface area contributed by atoms with Gasteiger partial charge in [-0.15, -0.1) is 0 Å². The summed E-state index contributed by atoms with van der Waals surface area (Å²) in [4.78, 5) is 12.2. The first-order valence-electron chi connectivity index (χ1n) is 8.32. The number of sulfonamides is 1. The van der Waals surface area contributed by atoms with Crippen LogP contribution in [-0.2, 0) is 10.0 Å². The highest BCUT2D eigenvalue weighted by atomic mass is 35.5. The molecule has 0 fully saturated rings. The Hall–Kier alpha value is -2.74. The van der Waals surface area contributed by atoms with Gasteiger partial charge < -0.3 is 10.1 Å². The van der Waals surface area contributed by atoms with Gasteiger partial charge in [-0.3, -0.25) is 9.52 Å². The molecule has 3 aromatic rings. The van der Waals surface area contributed by atoms with Gasteiger partial charge in [0.25, 0.3) is 15.9 Å². The summed E-state index contributed by atoms with van der Waals surface area (Å²) in [5.74, 6) is 0.212. The Labute approximate surface area is 178 Å². The second kappa shape index (κ2) is 8.73. The molecule has 0 saturated carbocycles. The molecule has 0 bridgehead atoms. The Bertz CT molecular complexity index is 1150. The summed E-state index contributed by atoms with van der Waals surface area (Å²) in [6, 6.07) is 17.1. The molecule has 1 amide bonds. The molecular formula is C20H16Cl2N2O4S. The number of carbonyl (C=O) groups excluding carboxylic acids is 1. The molecule has 29 heavy (non-hydrogen) atoms. The van der Waals surface area contributed by atoms with E-state index in [4.69, 9.17) is 27.9 Å². The first-order chi connectivity index (χ1) is 13.8. The number of hydrogen-bond donors (Lipinski definition) is 2. The van der Waals surface area contributed by atoms with E-state index in [1.54, 1.807) is 42.5 Å². The third-order valence-corrected chi connectivity index (χ3v) is 6.13. The van der Waals surface area contributed by atoms with Crippen LogP contribution in [0, 0.1) is 0 Å². The molecule has 0 spiro atoms. The van der Waals surface area contributed by atoms with Gasteiger partial charge >= 0.3 is 0 Å². The molecule has 0 heterocycles. The van der Waals surface area contributed by atoms with E-state index in [9.17, 15) is 13.2 Å². The Morgan fingerprint density at radius 3 is 2.28 bits per heavy atom. The number of nitrogens with one attached hydrogen (secondary N) is 2. The summed E-state index contributed by atoms with van der Waals surface area (Å²) in [6.45, 7) is 0. The van der Waals surface area contributed by atoms with Crippen molar-refractivity contribution in [3.63, 3.8) is 0 Å². The van der Waals surface area contributed by atoms with E-state index >= 15 is 0 Å². The van der Waals surface area contributed by atoms with E-state index in [0.717, 1.165) is 0 Å². The molecular weight excluding hydrogens is 435 g/mol. The third kappa shape index (κ3) is 5.00. The van der Waals surface area contributed by atoms with Gasteiger partial charge in [0.15, 0.2) is 0 Å². The number of benzene rings is 3. The molecule has 0 aromatic heterocycles. The summed E-state index contributed by atoms with van der Waals surface area (Å²) in [5, 5.41) is 2.91. The lowest BCUT2D eigenvalue weighted by Crippen LogP contribution is -2.15. The highest BCUT2D eigenvalue weighted by Gasteiger charge is 2.20. The van der Waals surface area contributed by atoms with Gasteiger partial charge in [-0.05, 0) is 54.6 Å². The normalized spacial score (nSPS) is 11.0. The zero-order valence-corrected chi connectivity index (χ0v) is 17.5. The summed E-state index contributed by atoms with van der Waals surface area (Å²) in [5.41, 5.74) is 0.881. The largest absolute Gasteiger partial charge is 0.497 e. The van der Waals surface area contributed by atoms with Crippen molar-refractivity contribution >= 4 is 50.5 Å². The highest BCUT2D eigenvalue weighted by molar-refractivity contribution is 7.92. The van der Waals surface area contributed by atoms with Crippen molar-refractivity contribution in [2.24, 2.45) is 0 Å². The number of ether oxygens (including phenoxy) is 1. The van der Waals surface area contributed by atoms with Crippen LogP contribution < -0.4 is 14.8 Å². The lowest BCUT2D eigenvalue weighted by Gasteiger charge is -2.13. The highest BCUT2D eigenvalue weighted by Crippen LogP contribution is 2.29. The van der Waals surface area contributed by atoms with Crippen LogP contribution >= 0.6 is 23.2 Å². The van der Waals surface area contributed by atoms with E-state index in [-0.39, 0.29) is 26.3 Å². The number of methoxy groups -OCH3 is 1. The van der Waals surface area contributed by atoms with Crippen molar-refractivity contribution < 1.29 is 17.9 Å². The first kappa shape index (κ1) is 21.0. The average Bonchev–Trinajstić information content (AvgIpc) is 2.71. The van der Waals surface area contributed by atoms with E-state index < -0.39 is 15.9 Å². The maximum atomic E-state index is 12.8. The molecule has 2 N–H and O–H groups in total. The maximum Gasteiger partial charge on any atom is 0.263 e. The molecule has 150 valence electrons. The Morgan fingerprint density at radius 1 is 0.931 bits per heavy atom. The maximum absolute atomic E-state index is 12.8. The second-order valence-corrected chi connectivity index (χ2v) is 8.38. The SMILES string of the molecule is COc1ccc(C(=O)Nc2ccc(Cl)c(S(=O)(=O)Nc3ccccc3Cl)c2)cc1. The van der Waals surface area contributed by atoms with Gasteiger partial charge in [0.2, 0.25) is 0 Å². The topological polar surface area (TPSA) is 84.5 Å². The molecule has 0 radical (unpaired) electrons. The van der Waals surface area contributed by atoms with Crippen molar-refractivity contribution in [3.8, 4) is 5.75 Å². The minimum atomic E-state index is -4.03. The molecule has 0 aliphatic carbocycles. The monoisotopic (exact) mass is 450 g/mol. The average molecular weight is 451 g/mol. The molecule has 0 unspecified atom stereocenters. The van der Waals surface area contributed by atoms with Gasteiger partial charge in [-0.25, -0.2) is 8.42 Å². The zero-order valence-electron chi connectivity index (χ0n) is 15.1. The van der Waals surface area contributed by atoms with Crippen molar-refractivity contribution in [2.75, 3.05) is 17.1 Å². The van der Waals surface area contributed by atoms with Gasteiger partial charge in [0.1, 0.15) is 10.6 Å². The Kier molecular flexibility index (Phi) is 6.32. The summed E-state index contributed by atoms with van der Waals surface area (Å²) in [6.07, 6.45) is 0. The summed E-state index contributed by atoms with van der Waals surface area (Å²) < 4.78 is 33.0. The van der Waals surface area contributed by atoms with Crippen LogP contribution in [0.25, 0.3) is 0 Å². The number of rotatable bonds is 6. The molecule has 0 aliphatic heterocycles. The van der Waals surface area contributed by atoms with E-state index in [1.807, 2.05) is 0 Å². The molecule has 0 atom stereocenters. The van der Waals surface area contributed by atoms with Gasteiger partial charge in [-0.1, -0.05) is 35.3 Å². The lowest BCUT2D eigenvalue weighted by molar-refractivity contribution is 0.102. The van der Waals surface area contributed by atoms with Crippen LogP contribution in [-0.4, -0.2) is 21.4 Å². The van der Waals surface area contributed by atoms with Crippen molar-refractivity contribution in [1.29, 1.82) is 0 Å². The zero-order chi connectivity index (χ0) is 21.0. The predicted molar refractivity (Wildman–Crippen MR) is 115 cm³/mol. The van der Waals surface area contributed by atoms with E-state index in [0.29, 0.717) is 11.3 Å². The molecule has 3 aromatic carbocycles. The van der Waals surface area contributed by atoms with Gasteiger partial charge in [0, 0.05) is 11.3 Å². The molecule has 6 nitrogen and oxygen atoms in total. The number of halogens is 2. The quantitative estimate of drug-likeness (QED) is 0.549. The minimum Gasteiger partial charge on any atom is -0.497 e. The number of carbonyl (C=O) groups is 1. The van der Waals surface area contributed by atoms with Crippen molar-refractivity contribution in [2.45, 2.75) is 4.90 Å². The van der Waals surface area contributed by atoms with E-state index in [1.165, 1.54) is 31.4 Å². The fourth-order valence-corrected chi connectivity index (χ4v) is 4.32. The Balaban J connectivity index is 1.85. The van der Waals surface area contributed by atoms with Crippen LogP contribution in [0.3, 0.4) is 0 Å². The molecule has 3 rings (SSSR count). The van der Waals surface area contributed by atoms with Crippen molar-refractivity contribution in [3.05, 3.63) is 82.3 Å². The van der Waals surface area contributed by atoms with Crippen LogP contribution in [0.4, 0.5) is 11.4 Å². The smallest absolute Gasteiger partial charge is 0.263 e. The molecule has 0 aliphatic rings. The second-order valence-electron chi connectivity index (χ2n) is 5.91. The van der Waals surface area contributed by atoms with E-state index in [2.05, 4.69) is 10.0 Å². The van der Waals surface area contributed by atoms with Crippen LogP contribution in [0.2, 0.25) is 10.0 Å². The van der Waals surface area contributed by atoms with Crippen molar-refractivity contribution in [1.82, 2.24) is 0 Å². The first-order valence-corrected chi connectivity index (χ1v) is 10.6. The van der Waals surface area contributed by atoms with Gasteiger partial charge in [0.05, 0.1) is 22.8 Å². The van der Waals surface area contributed by atoms with Gasteiger partial charge in [-0.2, -0.15) is 0 Å². The number of anilines is 2. The standard InChI is InChI=1S/C20H16Cl2N2O4S/c1-28-15-9-6-13(7-10-15)20(25)23-14-8-11-17(22)19(12-14)29(26,27)24-18-5-3-2-4-16(18)21/h2-12,24H,1H3,(H,23,25). The summed E-state index contributed by atoms with van der Waals surface area (Å²) >= 11 is 12.1. The fourth-order valence-electron chi connectivity index (χ4n) is 2.48. The number of hydrogen-bond acceptors (Lipinski definition) is 4. The van der Waals surface area contributed by atoms with Crippen LogP contribution in [0.5, 0.6) is 5.75 Å². The number of para-hydroxylation sites is 1. The summed E-state index contributed by atoms with van der Waals surface area (Å²) in [7, 11) is -2.50. The molecule has 0 saturated heterocycles. The lowest BCUT2D eigenvalue weighted by atomic mass is 10.2. The van der Waals surface area contributed by atoms with Crippen LogP contribution in [0.1, 0.15) is 10.4 Å². The predicted octanol–water partition coefficient (Wildman–Crippen LogP) is 5.06. The minimum absolute atomic E-state index is 0.00648. The third-order valence-electron chi connectivity index (χ3n) is 3.95. The Morgan fingerprint density at radius 2 is 1.62 bits per heavy atom. The number of amides is 1. The van der Waals surface area contributed by atoms with Crippen LogP contribution in [0.15, 0.2) is 71.6 Å².